The topological polar surface area (TPSA) is 116 Å². The van der Waals surface area contributed by atoms with Crippen molar-refractivity contribution in [3.05, 3.63) is 63.7 Å². The van der Waals surface area contributed by atoms with E-state index in [0.717, 1.165) is 5.56 Å². The zero-order valence-corrected chi connectivity index (χ0v) is 13.6. The normalized spacial score (nSPS) is 10.6. The van der Waals surface area contributed by atoms with E-state index in [1.54, 1.807) is 32.0 Å². The van der Waals surface area contributed by atoms with E-state index in [2.05, 4.69) is 15.6 Å². The number of rotatable bonds is 5. The van der Waals surface area contributed by atoms with Gasteiger partial charge in [-0.3, -0.25) is 14.9 Å². The molecule has 0 saturated carbocycles. The first-order valence-corrected chi connectivity index (χ1v) is 7.46. The number of nitro groups is 1. The maximum atomic E-state index is 12.3. The Kier molecular flexibility index (Phi) is 4.29. The smallest absolute Gasteiger partial charge is 0.269 e. The van der Waals surface area contributed by atoms with Gasteiger partial charge in [-0.25, -0.2) is 4.68 Å². The zero-order chi connectivity index (χ0) is 18.0. The van der Waals surface area contributed by atoms with E-state index in [9.17, 15) is 14.9 Å². The van der Waals surface area contributed by atoms with E-state index >= 15 is 0 Å². The fourth-order valence-corrected chi connectivity index (χ4v) is 2.42. The molecule has 1 amide bonds. The van der Waals surface area contributed by atoms with Gasteiger partial charge in [0.15, 0.2) is 0 Å². The third-order valence-corrected chi connectivity index (χ3v) is 3.73. The number of benzene rings is 1. The van der Waals surface area contributed by atoms with Crippen LogP contribution in [0.4, 0.5) is 11.5 Å². The lowest BCUT2D eigenvalue weighted by Gasteiger charge is -2.09. The molecule has 0 radical (unpaired) electrons. The number of nitro benzene ring substituents is 1. The summed E-state index contributed by atoms with van der Waals surface area (Å²) >= 11 is 0. The fraction of sp³-hybridized carbons (Fsp3) is 0.188. The molecule has 0 saturated heterocycles. The largest absolute Gasteiger partial charge is 0.361 e. The van der Waals surface area contributed by atoms with Crippen LogP contribution in [0.2, 0.25) is 0 Å². The van der Waals surface area contributed by atoms with Gasteiger partial charge in [0.05, 0.1) is 28.9 Å². The summed E-state index contributed by atoms with van der Waals surface area (Å²) in [5.41, 5.74) is 2.01. The van der Waals surface area contributed by atoms with Gasteiger partial charge in [0.2, 0.25) is 5.91 Å². The molecule has 0 atom stereocenters. The number of amides is 1. The van der Waals surface area contributed by atoms with Crippen LogP contribution in [0.5, 0.6) is 0 Å². The number of carbonyl (C=O) groups is 1. The molecule has 0 unspecified atom stereocenters. The fourth-order valence-electron chi connectivity index (χ4n) is 2.42. The number of nitrogens with one attached hydrogen (secondary N) is 1. The monoisotopic (exact) mass is 341 g/mol. The highest BCUT2D eigenvalue weighted by Crippen LogP contribution is 2.19. The lowest BCUT2D eigenvalue weighted by molar-refractivity contribution is -0.384. The Morgan fingerprint density at radius 2 is 2.00 bits per heavy atom. The van der Waals surface area contributed by atoms with Crippen molar-refractivity contribution >= 4 is 17.4 Å². The van der Waals surface area contributed by atoms with Crippen molar-refractivity contribution in [2.24, 2.45) is 0 Å². The first-order chi connectivity index (χ1) is 12.0. The van der Waals surface area contributed by atoms with Crippen molar-refractivity contribution in [2.45, 2.75) is 20.3 Å². The highest BCUT2D eigenvalue weighted by molar-refractivity contribution is 5.92. The molecular weight excluding hydrogens is 326 g/mol. The first-order valence-electron chi connectivity index (χ1n) is 7.46. The van der Waals surface area contributed by atoms with Gasteiger partial charge in [-0.05, 0) is 26.0 Å². The molecule has 0 fully saturated rings. The van der Waals surface area contributed by atoms with Crippen molar-refractivity contribution < 1.29 is 14.2 Å². The summed E-state index contributed by atoms with van der Waals surface area (Å²) in [6.45, 7) is 3.53. The number of anilines is 1. The van der Waals surface area contributed by atoms with Crippen LogP contribution < -0.4 is 5.32 Å². The average molecular weight is 341 g/mol. The summed E-state index contributed by atoms with van der Waals surface area (Å²) in [6.07, 6.45) is 1.67. The number of hydrogen-bond acceptors (Lipinski definition) is 6. The van der Waals surface area contributed by atoms with Gasteiger partial charge in [-0.15, -0.1) is 0 Å². The van der Waals surface area contributed by atoms with Crippen molar-refractivity contribution in [1.82, 2.24) is 14.9 Å². The quantitative estimate of drug-likeness (QED) is 0.563. The van der Waals surface area contributed by atoms with Crippen molar-refractivity contribution in [2.75, 3.05) is 5.32 Å². The van der Waals surface area contributed by atoms with Crippen LogP contribution in [0.25, 0.3) is 5.69 Å². The Labute approximate surface area is 142 Å². The summed E-state index contributed by atoms with van der Waals surface area (Å²) in [5.74, 6) is 0.834. The number of hydrogen-bond donors (Lipinski definition) is 1. The third-order valence-electron chi connectivity index (χ3n) is 3.73. The summed E-state index contributed by atoms with van der Waals surface area (Å²) in [6, 6.07) is 7.54. The molecule has 0 spiro atoms. The molecule has 1 aromatic carbocycles. The predicted octanol–water partition coefficient (Wildman–Crippen LogP) is 2.57. The van der Waals surface area contributed by atoms with Gasteiger partial charge < -0.3 is 9.84 Å². The van der Waals surface area contributed by atoms with Gasteiger partial charge in [-0.2, -0.15) is 5.10 Å². The molecule has 3 rings (SSSR count). The van der Waals surface area contributed by atoms with E-state index in [1.165, 1.54) is 23.0 Å². The Hall–Kier alpha value is -3.49. The standard InChI is InChI=1S/C16H15N5O4/c1-10-14(11(2)25-19-10)9-16(22)18-15-7-8-17-20(15)12-3-5-13(6-4-12)21(23)24/h3-8H,9H2,1-2H3,(H,18,22). The molecule has 2 heterocycles. The summed E-state index contributed by atoms with van der Waals surface area (Å²) < 4.78 is 6.55. The average Bonchev–Trinajstić information content (AvgIpc) is 3.16. The lowest BCUT2D eigenvalue weighted by Crippen LogP contribution is -2.17. The van der Waals surface area contributed by atoms with Crippen molar-refractivity contribution in [3.63, 3.8) is 0 Å². The number of aromatic nitrogens is 3. The van der Waals surface area contributed by atoms with Crippen LogP contribution in [0, 0.1) is 24.0 Å². The van der Waals surface area contributed by atoms with E-state index in [0.29, 0.717) is 23.0 Å². The number of non-ortho nitro benzene ring substituents is 1. The minimum absolute atomic E-state index is 0.0140. The minimum Gasteiger partial charge on any atom is -0.361 e. The van der Waals surface area contributed by atoms with Crippen molar-refractivity contribution in [1.29, 1.82) is 0 Å². The zero-order valence-electron chi connectivity index (χ0n) is 13.6. The maximum absolute atomic E-state index is 12.3. The second-order valence-corrected chi connectivity index (χ2v) is 5.43. The van der Waals surface area contributed by atoms with E-state index < -0.39 is 4.92 Å². The van der Waals surface area contributed by atoms with Gasteiger partial charge in [0, 0.05) is 23.8 Å². The van der Waals surface area contributed by atoms with Crippen LogP contribution in [0.1, 0.15) is 17.0 Å². The summed E-state index contributed by atoms with van der Waals surface area (Å²) in [4.78, 5) is 22.6. The van der Waals surface area contributed by atoms with Crippen LogP contribution >= 0.6 is 0 Å². The van der Waals surface area contributed by atoms with Gasteiger partial charge >= 0.3 is 0 Å². The lowest BCUT2D eigenvalue weighted by atomic mass is 10.1. The van der Waals surface area contributed by atoms with Crippen molar-refractivity contribution in [3.8, 4) is 5.69 Å². The van der Waals surface area contributed by atoms with Crippen LogP contribution in [-0.4, -0.2) is 25.8 Å². The maximum Gasteiger partial charge on any atom is 0.269 e. The van der Waals surface area contributed by atoms with Gasteiger partial charge in [0.25, 0.3) is 5.69 Å². The summed E-state index contributed by atoms with van der Waals surface area (Å²) in [5, 5.41) is 21.5. The molecule has 9 heteroatoms. The second kappa shape index (κ2) is 6.56. The predicted molar refractivity (Wildman–Crippen MR) is 88.5 cm³/mol. The highest BCUT2D eigenvalue weighted by Gasteiger charge is 2.15. The Balaban J connectivity index is 1.77. The molecular formula is C16H15N5O4. The first kappa shape index (κ1) is 16.4. The van der Waals surface area contributed by atoms with Gasteiger partial charge in [0.1, 0.15) is 11.6 Å². The minimum atomic E-state index is -0.473. The number of aryl methyl sites for hydroxylation is 2. The molecule has 0 aliphatic rings. The SMILES string of the molecule is Cc1noc(C)c1CC(=O)Nc1ccnn1-c1ccc([N+](=O)[O-])cc1. The molecule has 128 valence electrons. The molecule has 0 bridgehead atoms. The van der Waals surface area contributed by atoms with Crippen LogP contribution in [0.3, 0.4) is 0 Å². The van der Waals surface area contributed by atoms with E-state index in [1.807, 2.05) is 0 Å². The number of nitrogens with zero attached hydrogens (tertiary/aromatic N) is 4. The summed E-state index contributed by atoms with van der Waals surface area (Å²) in [7, 11) is 0. The Morgan fingerprint density at radius 3 is 2.60 bits per heavy atom. The van der Waals surface area contributed by atoms with E-state index in [4.69, 9.17) is 4.52 Å². The van der Waals surface area contributed by atoms with Gasteiger partial charge in [-0.1, -0.05) is 5.16 Å². The molecule has 2 aromatic heterocycles. The molecule has 0 aliphatic heterocycles. The van der Waals surface area contributed by atoms with Crippen LogP contribution in [-0.2, 0) is 11.2 Å². The molecule has 25 heavy (non-hydrogen) atoms. The molecule has 3 aromatic rings. The third kappa shape index (κ3) is 3.39. The number of carbonyl (C=O) groups excluding carboxylic acids is 1. The molecule has 0 aliphatic carbocycles. The molecule has 9 nitrogen and oxygen atoms in total. The van der Waals surface area contributed by atoms with Crippen LogP contribution in [0.15, 0.2) is 41.1 Å². The Morgan fingerprint density at radius 1 is 1.28 bits per heavy atom. The van der Waals surface area contributed by atoms with E-state index in [-0.39, 0.29) is 18.0 Å². The molecule has 1 N–H and O–H groups in total. The second-order valence-electron chi connectivity index (χ2n) is 5.43. The Bertz CT molecular complexity index is 907. The highest BCUT2D eigenvalue weighted by atomic mass is 16.6.